The standard InChI is InChI=1S/C27H31N5O4/c1-16(2)15-29-26(33)19-14-20-25(30-24-17(3)7-6-11-32(24)27(20)34)31(23(19)28)12-10-18-8-9-21(35-4)22(13-18)36-5/h6-9,11,13-14,16,28H,10,12,15H2,1-5H3,(H,29,33). The number of pyridine rings is 2. The second kappa shape index (κ2) is 10.2. The van der Waals surface area contributed by atoms with E-state index in [1.165, 1.54) is 10.5 Å². The Hall–Kier alpha value is -4.14. The van der Waals surface area contributed by atoms with Gasteiger partial charge in [-0.3, -0.25) is 19.4 Å². The molecule has 0 bridgehead atoms. The molecule has 0 fully saturated rings. The zero-order chi connectivity index (χ0) is 26.0. The van der Waals surface area contributed by atoms with Crippen molar-refractivity contribution in [1.82, 2.24) is 19.3 Å². The normalized spacial score (nSPS) is 11.3. The Kier molecular flexibility index (Phi) is 7.10. The fourth-order valence-corrected chi connectivity index (χ4v) is 4.16. The maximum Gasteiger partial charge on any atom is 0.267 e. The molecule has 0 spiro atoms. The number of hydrogen-bond acceptors (Lipinski definition) is 6. The highest BCUT2D eigenvalue weighted by Crippen LogP contribution is 2.28. The average molecular weight is 490 g/mol. The number of amides is 1. The van der Waals surface area contributed by atoms with E-state index in [9.17, 15) is 9.59 Å². The third-order valence-corrected chi connectivity index (χ3v) is 6.12. The van der Waals surface area contributed by atoms with Gasteiger partial charge in [0.2, 0.25) is 0 Å². The maximum absolute atomic E-state index is 13.5. The van der Waals surface area contributed by atoms with Crippen molar-refractivity contribution >= 4 is 22.6 Å². The van der Waals surface area contributed by atoms with E-state index < -0.39 is 0 Å². The van der Waals surface area contributed by atoms with E-state index in [0.717, 1.165) is 11.1 Å². The van der Waals surface area contributed by atoms with Crippen molar-refractivity contribution in [3.05, 3.63) is 75.1 Å². The molecule has 4 rings (SSSR count). The Morgan fingerprint density at radius 1 is 1.11 bits per heavy atom. The summed E-state index contributed by atoms with van der Waals surface area (Å²) in [7, 11) is 3.16. The number of fused-ring (bicyclic) bond motifs is 2. The van der Waals surface area contributed by atoms with Crippen LogP contribution in [0.4, 0.5) is 0 Å². The monoisotopic (exact) mass is 489 g/mol. The van der Waals surface area contributed by atoms with Crippen LogP contribution in [0, 0.1) is 18.3 Å². The Balaban J connectivity index is 1.88. The summed E-state index contributed by atoms with van der Waals surface area (Å²) >= 11 is 0. The van der Waals surface area contributed by atoms with Crippen LogP contribution in [0.3, 0.4) is 0 Å². The molecule has 36 heavy (non-hydrogen) atoms. The predicted molar refractivity (Wildman–Crippen MR) is 138 cm³/mol. The van der Waals surface area contributed by atoms with Gasteiger partial charge >= 0.3 is 0 Å². The molecule has 0 aliphatic carbocycles. The lowest BCUT2D eigenvalue weighted by atomic mass is 10.1. The first-order valence-electron chi connectivity index (χ1n) is 11.8. The Bertz CT molecular complexity index is 1570. The minimum absolute atomic E-state index is 0.00840. The van der Waals surface area contributed by atoms with Gasteiger partial charge in [0, 0.05) is 19.3 Å². The van der Waals surface area contributed by atoms with Crippen LogP contribution < -0.4 is 25.8 Å². The smallest absolute Gasteiger partial charge is 0.267 e. The molecule has 0 atom stereocenters. The molecule has 188 valence electrons. The molecule has 9 heteroatoms. The number of methoxy groups -OCH3 is 2. The van der Waals surface area contributed by atoms with Crippen LogP contribution in [0.25, 0.3) is 16.7 Å². The topological polar surface area (TPSA) is 111 Å². The number of rotatable bonds is 8. The van der Waals surface area contributed by atoms with Gasteiger partial charge in [-0.2, -0.15) is 0 Å². The van der Waals surface area contributed by atoms with Crippen LogP contribution in [0.2, 0.25) is 0 Å². The van der Waals surface area contributed by atoms with Gasteiger partial charge < -0.3 is 19.4 Å². The van der Waals surface area contributed by atoms with Crippen molar-refractivity contribution < 1.29 is 14.3 Å². The van der Waals surface area contributed by atoms with Crippen molar-refractivity contribution in [2.75, 3.05) is 20.8 Å². The highest BCUT2D eigenvalue weighted by molar-refractivity contribution is 5.96. The molecule has 1 amide bonds. The number of aryl methyl sites for hydroxylation is 3. The van der Waals surface area contributed by atoms with Gasteiger partial charge in [0.05, 0.1) is 25.2 Å². The second-order valence-electron chi connectivity index (χ2n) is 9.14. The first-order valence-corrected chi connectivity index (χ1v) is 11.8. The lowest BCUT2D eigenvalue weighted by Gasteiger charge is -2.16. The van der Waals surface area contributed by atoms with Gasteiger partial charge in [-0.05, 0) is 54.7 Å². The number of hydrogen-bond donors (Lipinski definition) is 2. The number of benzene rings is 1. The lowest BCUT2D eigenvalue weighted by Crippen LogP contribution is -2.36. The molecule has 2 N–H and O–H groups in total. The van der Waals surface area contributed by atoms with Gasteiger partial charge in [0.15, 0.2) is 11.5 Å². The first-order chi connectivity index (χ1) is 17.2. The zero-order valence-corrected chi connectivity index (χ0v) is 21.2. The van der Waals surface area contributed by atoms with Crippen molar-refractivity contribution in [2.45, 2.75) is 33.7 Å². The van der Waals surface area contributed by atoms with Gasteiger partial charge in [0.25, 0.3) is 11.5 Å². The van der Waals surface area contributed by atoms with Crippen LogP contribution in [-0.4, -0.2) is 40.6 Å². The molecule has 0 radical (unpaired) electrons. The number of carbonyl (C=O) groups is 1. The summed E-state index contributed by atoms with van der Waals surface area (Å²) in [5, 5.41) is 12.0. The molecule has 0 saturated carbocycles. The fraction of sp³-hybridized carbons (Fsp3) is 0.333. The van der Waals surface area contributed by atoms with Gasteiger partial charge in [-0.15, -0.1) is 0 Å². The number of nitrogens with one attached hydrogen (secondary N) is 2. The number of aromatic nitrogens is 3. The van der Waals surface area contributed by atoms with Crippen LogP contribution in [0.1, 0.15) is 35.3 Å². The predicted octanol–water partition coefficient (Wildman–Crippen LogP) is 3.08. The minimum atomic E-state index is -0.385. The molecule has 0 aliphatic rings. The maximum atomic E-state index is 13.5. The average Bonchev–Trinajstić information content (AvgIpc) is 2.87. The highest BCUT2D eigenvalue weighted by atomic mass is 16.5. The molecule has 0 aliphatic heterocycles. The van der Waals surface area contributed by atoms with Crippen molar-refractivity contribution in [3.8, 4) is 11.5 Å². The fourth-order valence-electron chi connectivity index (χ4n) is 4.16. The Morgan fingerprint density at radius 3 is 2.56 bits per heavy atom. The number of nitrogens with zero attached hydrogens (tertiary/aromatic N) is 3. The Labute approximate surface area is 208 Å². The summed E-state index contributed by atoms with van der Waals surface area (Å²) in [4.78, 5) is 31.3. The summed E-state index contributed by atoms with van der Waals surface area (Å²) in [6.45, 7) is 6.68. The van der Waals surface area contributed by atoms with Crippen molar-refractivity contribution in [2.24, 2.45) is 5.92 Å². The number of ether oxygens (including phenoxy) is 2. The van der Waals surface area contributed by atoms with Gasteiger partial charge in [-0.25, -0.2) is 4.98 Å². The van der Waals surface area contributed by atoms with E-state index >= 15 is 0 Å². The molecule has 9 nitrogen and oxygen atoms in total. The second-order valence-corrected chi connectivity index (χ2v) is 9.14. The molecular weight excluding hydrogens is 458 g/mol. The summed E-state index contributed by atoms with van der Waals surface area (Å²) in [6, 6.07) is 10.8. The molecule has 3 aromatic heterocycles. The zero-order valence-electron chi connectivity index (χ0n) is 21.2. The summed E-state index contributed by atoms with van der Waals surface area (Å²) in [5.74, 6) is 1.10. The van der Waals surface area contributed by atoms with E-state index in [-0.39, 0.29) is 33.8 Å². The van der Waals surface area contributed by atoms with E-state index in [0.29, 0.717) is 42.3 Å². The quantitative estimate of drug-likeness (QED) is 0.370. The molecule has 1 aromatic carbocycles. The van der Waals surface area contributed by atoms with Crippen LogP contribution >= 0.6 is 0 Å². The van der Waals surface area contributed by atoms with Crippen LogP contribution in [0.15, 0.2) is 47.4 Å². The lowest BCUT2D eigenvalue weighted by molar-refractivity contribution is 0.0946. The number of carbonyl (C=O) groups excluding carboxylic acids is 1. The SMILES string of the molecule is COc1ccc(CCn2c(=N)c(C(=O)NCC(C)C)cc3c(=O)n4cccc(C)c4nc32)cc1OC. The molecular formula is C27H31N5O4. The summed E-state index contributed by atoms with van der Waals surface area (Å²) < 4.78 is 13.9. The third-order valence-electron chi connectivity index (χ3n) is 6.12. The van der Waals surface area contributed by atoms with E-state index in [2.05, 4.69) is 5.32 Å². The molecule has 4 aromatic rings. The van der Waals surface area contributed by atoms with E-state index in [1.54, 1.807) is 31.0 Å². The Morgan fingerprint density at radius 2 is 1.86 bits per heavy atom. The van der Waals surface area contributed by atoms with E-state index in [4.69, 9.17) is 19.9 Å². The first kappa shape index (κ1) is 25.0. The van der Waals surface area contributed by atoms with E-state index in [1.807, 2.05) is 45.0 Å². The van der Waals surface area contributed by atoms with Crippen molar-refractivity contribution in [1.29, 1.82) is 5.41 Å². The summed E-state index contributed by atoms with van der Waals surface area (Å²) in [6.07, 6.45) is 2.19. The molecule has 0 saturated heterocycles. The summed E-state index contributed by atoms with van der Waals surface area (Å²) in [5.41, 5.74) is 2.56. The minimum Gasteiger partial charge on any atom is -0.493 e. The van der Waals surface area contributed by atoms with Crippen molar-refractivity contribution in [3.63, 3.8) is 0 Å². The van der Waals surface area contributed by atoms with Gasteiger partial charge in [-0.1, -0.05) is 26.0 Å². The molecule has 0 unspecified atom stereocenters. The molecule has 3 heterocycles. The van der Waals surface area contributed by atoms with Crippen LogP contribution in [-0.2, 0) is 13.0 Å². The highest BCUT2D eigenvalue weighted by Gasteiger charge is 2.18. The van der Waals surface area contributed by atoms with Crippen LogP contribution in [0.5, 0.6) is 11.5 Å². The third kappa shape index (κ3) is 4.68. The largest absolute Gasteiger partial charge is 0.493 e. The van der Waals surface area contributed by atoms with Gasteiger partial charge in [0.1, 0.15) is 16.8 Å².